The molecule has 11 nitrogen and oxygen atoms in total. The van der Waals surface area contributed by atoms with Gasteiger partial charge in [0.05, 0.1) is 20.8 Å². The molecule has 0 radical (unpaired) electrons. The Morgan fingerprint density at radius 2 is 1.60 bits per heavy atom. The van der Waals surface area contributed by atoms with Crippen LogP contribution < -0.4 is 20.3 Å². The molecule has 0 bridgehead atoms. The third-order valence-corrected chi connectivity index (χ3v) is 8.20. The van der Waals surface area contributed by atoms with Crippen LogP contribution in [0.4, 0.5) is 10.5 Å². The van der Waals surface area contributed by atoms with Crippen LogP contribution in [0.1, 0.15) is 48.0 Å². The van der Waals surface area contributed by atoms with Gasteiger partial charge in [-0.25, -0.2) is 9.59 Å². The summed E-state index contributed by atoms with van der Waals surface area (Å²) in [6, 6.07) is 12.2. The Hall–Kier alpha value is -4.28. The average molecular weight is 594 g/mol. The van der Waals surface area contributed by atoms with Gasteiger partial charge < -0.3 is 34.8 Å². The van der Waals surface area contributed by atoms with E-state index in [0.717, 1.165) is 43.4 Å². The molecule has 1 saturated heterocycles. The monoisotopic (exact) mass is 593 g/mol. The number of carbonyl (C=O) groups excluding carboxylic acids is 4. The van der Waals surface area contributed by atoms with E-state index >= 15 is 0 Å². The lowest BCUT2D eigenvalue weighted by Gasteiger charge is -2.41. The number of hydrogen-bond acceptors (Lipinski definition) is 7. The van der Waals surface area contributed by atoms with E-state index in [4.69, 9.17) is 9.47 Å². The minimum atomic E-state index is -0.995. The first-order valence-electron chi connectivity index (χ1n) is 14.8. The van der Waals surface area contributed by atoms with Gasteiger partial charge in [0.1, 0.15) is 17.8 Å². The van der Waals surface area contributed by atoms with Crippen molar-refractivity contribution in [1.82, 2.24) is 20.4 Å². The fourth-order valence-electron chi connectivity index (χ4n) is 5.62. The zero-order chi connectivity index (χ0) is 30.9. The van der Waals surface area contributed by atoms with Gasteiger partial charge in [-0.2, -0.15) is 0 Å². The summed E-state index contributed by atoms with van der Waals surface area (Å²) in [5.74, 6) is -0.682. The van der Waals surface area contributed by atoms with Gasteiger partial charge in [-0.3, -0.25) is 9.59 Å². The highest BCUT2D eigenvalue weighted by Crippen LogP contribution is 2.21. The standard InChI is InChI=1S/C32H43N5O6/c1-35(2)25-14-12-23(13-15-25)30(39)36-18-19-37(32(41)33-24-8-6-5-7-9-24)28(21-36)29(38)34-27(31(40)43-4)20-22-10-16-26(42-3)17-11-22/h10-17,24,27-28H,5-9,18-21H2,1-4H3,(H,33,41)(H,34,38). The highest BCUT2D eigenvalue weighted by atomic mass is 16.5. The maximum Gasteiger partial charge on any atom is 0.328 e. The minimum Gasteiger partial charge on any atom is -0.497 e. The summed E-state index contributed by atoms with van der Waals surface area (Å²) in [6.45, 7) is 0.455. The Morgan fingerprint density at radius 1 is 0.930 bits per heavy atom. The minimum absolute atomic E-state index is 0.00534. The van der Waals surface area contributed by atoms with Crippen LogP contribution in [0, 0.1) is 0 Å². The molecule has 4 amide bonds. The molecule has 0 spiro atoms. The zero-order valence-electron chi connectivity index (χ0n) is 25.5. The third-order valence-electron chi connectivity index (χ3n) is 8.20. The smallest absolute Gasteiger partial charge is 0.328 e. The molecule has 43 heavy (non-hydrogen) atoms. The van der Waals surface area contributed by atoms with E-state index in [-0.39, 0.29) is 44.0 Å². The lowest BCUT2D eigenvalue weighted by molar-refractivity contribution is -0.145. The number of piperazine rings is 1. The second-order valence-corrected chi connectivity index (χ2v) is 11.3. The maximum absolute atomic E-state index is 13.8. The molecule has 1 aliphatic heterocycles. The largest absolute Gasteiger partial charge is 0.497 e. The molecule has 1 saturated carbocycles. The highest BCUT2D eigenvalue weighted by molar-refractivity contribution is 5.96. The number of methoxy groups -OCH3 is 2. The molecule has 1 heterocycles. The lowest BCUT2D eigenvalue weighted by Crippen LogP contribution is -2.65. The summed E-state index contributed by atoms with van der Waals surface area (Å²) in [5.41, 5.74) is 2.26. The summed E-state index contributed by atoms with van der Waals surface area (Å²) in [6.07, 6.45) is 5.24. The van der Waals surface area contributed by atoms with Gasteiger partial charge in [0.15, 0.2) is 0 Å². The first-order chi connectivity index (χ1) is 20.7. The van der Waals surface area contributed by atoms with Crippen LogP contribution in [0.25, 0.3) is 0 Å². The average Bonchev–Trinajstić information content (AvgIpc) is 3.04. The highest BCUT2D eigenvalue weighted by Gasteiger charge is 2.39. The Bertz CT molecular complexity index is 1260. The first kappa shape index (κ1) is 31.7. The Kier molecular flexibility index (Phi) is 10.9. The van der Waals surface area contributed by atoms with Gasteiger partial charge >= 0.3 is 12.0 Å². The molecule has 1 aliphatic carbocycles. The second-order valence-electron chi connectivity index (χ2n) is 11.3. The van der Waals surface area contributed by atoms with Crippen LogP contribution in [0.5, 0.6) is 5.75 Å². The Labute approximate surface area is 253 Å². The van der Waals surface area contributed by atoms with Gasteiger partial charge in [0.2, 0.25) is 5.91 Å². The van der Waals surface area contributed by atoms with Gasteiger partial charge in [-0.05, 0) is 54.8 Å². The Morgan fingerprint density at radius 3 is 2.21 bits per heavy atom. The van der Waals surface area contributed by atoms with Crippen LogP contribution >= 0.6 is 0 Å². The number of amides is 4. The van der Waals surface area contributed by atoms with E-state index in [9.17, 15) is 19.2 Å². The number of ether oxygens (including phenoxy) is 2. The molecule has 2 aromatic rings. The van der Waals surface area contributed by atoms with Crippen molar-refractivity contribution in [3.05, 3.63) is 59.7 Å². The number of benzene rings is 2. The quantitative estimate of drug-likeness (QED) is 0.429. The lowest BCUT2D eigenvalue weighted by atomic mass is 9.95. The number of urea groups is 1. The maximum atomic E-state index is 13.8. The van der Waals surface area contributed by atoms with Crippen molar-refractivity contribution in [2.75, 3.05) is 52.8 Å². The van der Waals surface area contributed by atoms with E-state index < -0.39 is 24.0 Å². The molecular formula is C32H43N5O6. The van der Waals surface area contributed by atoms with Crippen molar-refractivity contribution >= 4 is 29.5 Å². The molecule has 2 unspecified atom stereocenters. The molecule has 4 rings (SSSR count). The second kappa shape index (κ2) is 14.8. The van der Waals surface area contributed by atoms with Gasteiger partial charge in [0.25, 0.3) is 5.91 Å². The molecule has 232 valence electrons. The number of anilines is 1. The van der Waals surface area contributed by atoms with Crippen molar-refractivity contribution in [3.63, 3.8) is 0 Å². The fraction of sp³-hybridized carbons (Fsp3) is 0.500. The SMILES string of the molecule is COC(=O)C(Cc1ccc(OC)cc1)NC(=O)C1CN(C(=O)c2ccc(N(C)C)cc2)CCN1C(=O)NC1CCCCC1. The van der Waals surface area contributed by atoms with Crippen LogP contribution in [0.15, 0.2) is 48.5 Å². The van der Waals surface area contributed by atoms with Crippen molar-refractivity contribution < 1.29 is 28.7 Å². The first-order valence-corrected chi connectivity index (χ1v) is 14.8. The van der Waals surface area contributed by atoms with E-state index in [1.54, 1.807) is 36.3 Å². The van der Waals surface area contributed by atoms with E-state index in [1.165, 1.54) is 12.0 Å². The normalized spacial score (nSPS) is 17.9. The molecule has 2 aliphatic rings. The fourth-order valence-corrected chi connectivity index (χ4v) is 5.62. The number of nitrogens with one attached hydrogen (secondary N) is 2. The number of esters is 1. The number of rotatable bonds is 9. The van der Waals surface area contributed by atoms with E-state index in [1.807, 2.05) is 43.3 Å². The van der Waals surface area contributed by atoms with Gasteiger partial charge in [-0.1, -0.05) is 31.4 Å². The van der Waals surface area contributed by atoms with Crippen LogP contribution in [0.2, 0.25) is 0 Å². The van der Waals surface area contributed by atoms with Gasteiger partial charge in [-0.15, -0.1) is 0 Å². The predicted molar refractivity (Wildman–Crippen MR) is 163 cm³/mol. The molecular weight excluding hydrogens is 550 g/mol. The van der Waals surface area contributed by atoms with Crippen molar-refractivity contribution in [2.24, 2.45) is 0 Å². The summed E-state index contributed by atoms with van der Waals surface area (Å²) >= 11 is 0. The predicted octanol–water partition coefficient (Wildman–Crippen LogP) is 2.83. The van der Waals surface area contributed by atoms with E-state index in [2.05, 4.69) is 10.6 Å². The molecule has 11 heteroatoms. The van der Waals surface area contributed by atoms with Gasteiger partial charge in [0, 0.05) is 50.9 Å². The van der Waals surface area contributed by atoms with Crippen molar-refractivity contribution in [3.8, 4) is 5.75 Å². The Balaban J connectivity index is 1.53. The van der Waals surface area contributed by atoms with Crippen molar-refractivity contribution in [1.29, 1.82) is 0 Å². The van der Waals surface area contributed by atoms with Crippen LogP contribution in [-0.2, 0) is 20.7 Å². The molecule has 2 atom stereocenters. The van der Waals surface area contributed by atoms with Crippen molar-refractivity contribution in [2.45, 2.75) is 56.7 Å². The molecule has 2 fully saturated rings. The summed E-state index contributed by atoms with van der Waals surface area (Å²) < 4.78 is 10.2. The van der Waals surface area contributed by atoms with Crippen LogP contribution in [-0.4, -0.2) is 99.7 Å². The number of nitrogens with zero attached hydrogens (tertiary/aromatic N) is 3. The summed E-state index contributed by atoms with van der Waals surface area (Å²) in [5, 5.41) is 5.91. The van der Waals surface area contributed by atoms with Crippen LogP contribution in [0.3, 0.4) is 0 Å². The molecule has 2 aromatic carbocycles. The van der Waals surface area contributed by atoms with E-state index in [0.29, 0.717) is 11.3 Å². The number of carbonyl (C=O) groups is 4. The molecule has 0 aromatic heterocycles. The third kappa shape index (κ3) is 8.18. The summed E-state index contributed by atoms with van der Waals surface area (Å²) in [7, 11) is 6.68. The molecule has 2 N–H and O–H groups in total. The zero-order valence-corrected chi connectivity index (χ0v) is 25.5. The summed E-state index contributed by atoms with van der Waals surface area (Å²) in [4.78, 5) is 58.6. The number of hydrogen-bond donors (Lipinski definition) is 2. The topological polar surface area (TPSA) is 121 Å².